The quantitative estimate of drug-likeness (QED) is 0.118. The number of aliphatic carboxylic acids is 2. The lowest BCUT2D eigenvalue weighted by molar-refractivity contribution is -0.188. The Hall–Kier alpha value is -2.20. The second-order valence-electron chi connectivity index (χ2n) is 4.98. The summed E-state index contributed by atoms with van der Waals surface area (Å²) in [7, 11) is 0. The Morgan fingerprint density at radius 3 is 1.62 bits per heavy atom. The molecule has 0 rings (SSSR count). The van der Waals surface area contributed by atoms with Crippen LogP contribution in [0.15, 0.2) is 0 Å². The van der Waals surface area contributed by atoms with Gasteiger partial charge >= 0.3 is 17.9 Å². The normalized spacial score (nSPS) is 19.3. The summed E-state index contributed by atoms with van der Waals surface area (Å²) in [6.45, 7) is -1.10. The maximum absolute atomic E-state index is 11.5. The van der Waals surface area contributed by atoms with Crippen LogP contribution in [0.1, 0.15) is 0 Å². The molecule has 9 N–H and O–H groups in total. The van der Waals surface area contributed by atoms with Crippen molar-refractivity contribution in [2.75, 3.05) is 6.61 Å². The molecular weight excluding hydrogens is 368 g/mol. The number of esters is 1. The van der Waals surface area contributed by atoms with Crippen LogP contribution in [0.25, 0.3) is 0 Å². The zero-order valence-corrected chi connectivity index (χ0v) is 12.8. The molecule has 0 amide bonds. The average Bonchev–Trinajstić information content (AvgIpc) is 2.60. The zero-order valence-electron chi connectivity index (χ0n) is 12.8. The van der Waals surface area contributed by atoms with E-state index in [1.807, 2.05) is 0 Å². The Kier molecular flexibility index (Phi) is 9.22. The van der Waals surface area contributed by atoms with E-state index in [1.54, 1.807) is 0 Å². The van der Waals surface area contributed by atoms with Crippen molar-refractivity contribution in [2.24, 2.45) is 0 Å². The number of Topliss-reactive ketones (excluding diaryl/α,β-unsaturated/α-hetero) is 1. The number of carboxylic acid groups (broad SMARTS) is 2. The van der Waals surface area contributed by atoms with E-state index in [0.29, 0.717) is 0 Å². The standard InChI is InChI=1S/C12H18O14/c13-1-2(14)3(15)4(16)8(20)12(25)26-9(11(23)24)6(18)5(17)7(19)10(21)22/h2-7,9,13-19H,1H2,(H,21,22)(H,23,24)/t2-,3+,4-,5+,6-,7-,9+/m0/s1. The Labute approximate surface area is 144 Å². The molecule has 150 valence electrons. The number of carbonyl (C=O) groups is 4. The molecule has 0 spiro atoms. The lowest BCUT2D eigenvalue weighted by atomic mass is 10.0. The molecule has 0 aromatic heterocycles. The van der Waals surface area contributed by atoms with E-state index in [1.165, 1.54) is 0 Å². The van der Waals surface area contributed by atoms with E-state index in [0.717, 1.165) is 0 Å². The molecule has 0 aliphatic carbocycles. The topological polar surface area (TPSA) is 260 Å². The Morgan fingerprint density at radius 1 is 0.731 bits per heavy atom. The van der Waals surface area contributed by atoms with Crippen molar-refractivity contribution in [2.45, 2.75) is 42.7 Å². The van der Waals surface area contributed by atoms with E-state index in [9.17, 15) is 39.6 Å². The number of carbonyl (C=O) groups excluding carboxylic acids is 2. The first-order chi connectivity index (χ1) is 11.9. The van der Waals surface area contributed by atoms with Gasteiger partial charge in [-0.05, 0) is 0 Å². The van der Waals surface area contributed by atoms with Crippen LogP contribution in [0, 0.1) is 0 Å². The first kappa shape index (κ1) is 23.8. The molecule has 0 radical (unpaired) electrons. The highest BCUT2D eigenvalue weighted by molar-refractivity contribution is 6.35. The van der Waals surface area contributed by atoms with Crippen molar-refractivity contribution >= 4 is 23.7 Å². The molecule has 0 fully saturated rings. The van der Waals surface area contributed by atoms with Crippen LogP contribution >= 0.6 is 0 Å². The van der Waals surface area contributed by atoms with Crippen LogP contribution in [-0.4, -0.2) is 119 Å². The average molecular weight is 386 g/mol. The highest BCUT2D eigenvalue weighted by Gasteiger charge is 2.43. The van der Waals surface area contributed by atoms with Crippen LogP contribution in [0.3, 0.4) is 0 Å². The Bertz CT molecular complexity index is 532. The number of carboxylic acids is 2. The smallest absolute Gasteiger partial charge is 0.378 e. The van der Waals surface area contributed by atoms with Crippen LogP contribution < -0.4 is 0 Å². The molecule has 14 heteroatoms. The second kappa shape index (κ2) is 10.1. The molecule has 0 aliphatic heterocycles. The van der Waals surface area contributed by atoms with E-state index >= 15 is 0 Å². The van der Waals surface area contributed by atoms with Gasteiger partial charge in [-0.15, -0.1) is 0 Å². The fourth-order valence-electron chi connectivity index (χ4n) is 1.55. The van der Waals surface area contributed by atoms with Gasteiger partial charge in [0.1, 0.15) is 24.4 Å². The van der Waals surface area contributed by atoms with Crippen molar-refractivity contribution in [1.29, 1.82) is 0 Å². The molecular formula is C12H18O14. The van der Waals surface area contributed by atoms with E-state index in [4.69, 9.17) is 25.5 Å². The summed E-state index contributed by atoms with van der Waals surface area (Å²) in [4.78, 5) is 44.5. The van der Waals surface area contributed by atoms with Gasteiger partial charge in [-0.1, -0.05) is 0 Å². The van der Waals surface area contributed by atoms with Gasteiger partial charge < -0.3 is 50.7 Å². The molecule has 0 aromatic carbocycles. The fraction of sp³-hybridized carbons (Fsp3) is 0.667. The predicted octanol–water partition coefficient (Wildman–Crippen LogP) is -6.21. The second-order valence-corrected chi connectivity index (χ2v) is 4.98. The molecule has 0 unspecified atom stereocenters. The third-order valence-electron chi connectivity index (χ3n) is 3.09. The number of aliphatic hydroxyl groups is 7. The summed E-state index contributed by atoms with van der Waals surface area (Å²) in [6, 6.07) is 0. The lowest BCUT2D eigenvalue weighted by Crippen LogP contribution is -2.53. The minimum absolute atomic E-state index is 1.10. The molecule has 0 bridgehead atoms. The molecule has 0 aromatic rings. The van der Waals surface area contributed by atoms with Gasteiger partial charge in [-0.2, -0.15) is 0 Å². The highest BCUT2D eigenvalue weighted by atomic mass is 16.6. The van der Waals surface area contributed by atoms with Crippen molar-refractivity contribution in [1.82, 2.24) is 0 Å². The van der Waals surface area contributed by atoms with Gasteiger partial charge in [0.2, 0.25) is 6.10 Å². The number of rotatable bonds is 11. The number of hydrogen-bond acceptors (Lipinski definition) is 12. The van der Waals surface area contributed by atoms with Crippen LogP contribution in [0.5, 0.6) is 0 Å². The van der Waals surface area contributed by atoms with Crippen molar-refractivity contribution in [3.05, 3.63) is 0 Å². The maximum atomic E-state index is 11.5. The third kappa shape index (κ3) is 5.95. The molecule has 0 heterocycles. The Balaban J connectivity index is 5.21. The van der Waals surface area contributed by atoms with E-state index in [-0.39, 0.29) is 0 Å². The van der Waals surface area contributed by atoms with Crippen molar-refractivity contribution in [3.63, 3.8) is 0 Å². The minimum atomic E-state index is -2.73. The SMILES string of the molecule is O=C(O[C@@H](C(=O)O)[C@@H](O)[C@@H](O)[C@H](O)C(=O)O)C(=O)[C@@H](O)[C@H](O)[C@@H](O)CO. The van der Waals surface area contributed by atoms with Gasteiger partial charge in [-0.25, -0.2) is 14.4 Å². The van der Waals surface area contributed by atoms with Gasteiger partial charge in [0.25, 0.3) is 5.78 Å². The fourth-order valence-corrected chi connectivity index (χ4v) is 1.55. The maximum Gasteiger partial charge on any atom is 0.378 e. The van der Waals surface area contributed by atoms with E-state index in [2.05, 4.69) is 4.74 Å². The third-order valence-corrected chi connectivity index (χ3v) is 3.09. The molecule has 0 saturated carbocycles. The lowest BCUT2D eigenvalue weighted by Gasteiger charge is -2.25. The van der Waals surface area contributed by atoms with Crippen LogP contribution in [0.2, 0.25) is 0 Å². The molecule has 14 nitrogen and oxygen atoms in total. The monoisotopic (exact) mass is 386 g/mol. The molecule has 0 aliphatic rings. The summed E-state index contributed by atoms with van der Waals surface area (Å²) < 4.78 is 4.05. The van der Waals surface area contributed by atoms with Crippen molar-refractivity contribution in [3.8, 4) is 0 Å². The van der Waals surface area contributed by atoms with Gasteiger partial charge in [-0.3, -0.25) is 4.79 Å². The van der Waals surface area contributed by atoms with Gasteiger partial charge in [0, 0.05) is 0 Å². The number of aliphatic hydroxyl groups excluding tert-OH is 7. The molecule has 0 saturated heterocycles. The Morgan fingerprint density at radius 2 is 1.23 bits per heavy atom. The highest BCUT2D eigenvalue weighted by Crippen LogP contribution is 2.11. The molecule has 7 atom stereocenters. The summed E-state index contributed by atoms with van der Waals surface area (Å²) in [5, 5.41) is 81.5. The first-order valence-corrected chi connectivity index (χ1v) is 6.76. The minimum Gasteiger partial charge on any atom is -0.479 e. The number of hydrogen-bond donors (Lipinski definition) is 9. The summed E-state index contributed by atoms with van der Waals surface area (Å²) in [6.07, 6.45) is -17.7. The zero-order chi connectivity index (χ0) is 20.8. The predicted molar refractivity (Wildman–Crippen MR) is 73.3 cm³/mol. The summed E-state index contributed by atoms with van der Waals surface area (Å²) in [5.41, 5.74) is 0. The number of ketones is 1. The summed E-state index contributed by atoms with van der Waals surface area (Å²) >= 11 is 0. The summed E-state index contributed by atoms with van der Waals surface area (Å²) in [5.74, 6) is -8.30. The largest absolute Gasteiger partial charge is 0.479 e. The van der Waals surface area contributed by atoms with E-state index < -0.39 is 73.0 Å². The first-order valence-electron chi connectivity index (χ1n) is 6.76. The number of ether oxygens (including phenoxy) is 1. The molecule has 26 heavy (non-hydrogen) atoms. The van der Waals surface area contributed by atoms with Crippen molar-refractivity contribution < 1.29 is 69.9 Å². The van der Waals surface area contributed by atoms with Gasteiger partial charge in [0.15, 0.2) is 12.2 Å². The van der Waals surface area contributed by atoms with Crippen LogP contribution in [-0.2, 0) is 23.9 Å². The van der Waals surface area contributed by atoms with Crippen LogP contribution in [0.4, 0.5) is 0 Å². The van der Waals surface area contributed by atoms with Gasteiger partial charge in [0.05, 0.1) is 6.61 Å².